The van der Waals surface area contributed by atoms with Gasteiger partial charge in [0.1, 0.15) is 0 Å². The SMILES string of the molecule is CCCCCPc1ccc(C)c(C)c1C. The second-order valence-corrected chi connectivity index (χ2v) is 5.71. The van der Waals surface area contributed by atoms with Gasteiger partial charge in [-0.3, -0.25) is 0 Å². The Morgan fingerprint density at radius 3 is 2.40 bits per heavy atom. The third-order valence-corrected chi connectivity index (χ3v) is 4.68. The van der Waals surface area contributed by atoms with E-state index in [9.17, 15) is 0 Å². The molecule has 0 nitrogen and oxygen atoms in total. The first-order chi connectivity index (χ1) is 7.16. The molecule has 0 aromatic heterocycles. The molecule has 0 N–H and O–H groups in total. The lowest BCUT2D eigenvalue weighted by Gasteiger charge is -2.11. The number of hydrogen-bond acceptors (Lipinski definition) is 0. The van der Waals surface area contributed by atoms with E-state index in [1.54, 1.807) is 5.30 Å². The number of unbranched alkanes of at least 4 members (excludes halogenated alkanes) is 2. The molecule has 84 valence electrons. The molecule has 1 rings (SSSR count). The van der Waals surface area contributed by atoms with E-state index in [1.165, 1.54) is 42.1 Å². The number of benzene rings is 1. The highest BCUT2D eigenvalue weighted by atomic mass is 31.1. The van der Waals surface area contributed by atoms with Crippen LogP contribution in [0.25, 0.3) is 0 Å². The molecule has 0 heterocycles. The Morgan fingerprint density at radius 1 is 1.00 bits per heavy atom. The van der Waals surface area contributed by atoms with Crippen LogP contribution in [-0.4, -0.2) is 6.16 Å². The molecule has 1 aromatic rings. The largest absolute Gasteiger partial charge is 0.0901 e. The van der Waals surface area contributed by atoms with Gasteiger partial charge in [0.15, 0.2) is 0 Å². The van der Waals surface area contributed by atoms with E-state index < -0.39 is 0 Å². The molecule has 0 aliphatic heterocycles. The molecule has 1 heteroatoms. The molecule has 0 saturated heterocycles. The van der Waals surface area contributed by atoms with Crippen molar-refractivity contribution in [2.24, 2.45) is 0 Å². The first-order valence-corrected chi connectivity index (χ1v) is 7.18. The van der Waals surface area contributed by atoms with Crippen LogP contribution in [0.5, 0.6) is 0 Å². The average Bonchev–Trinajstić information content (AvgIpc) is 2.24. The van der Waals surface area contributed by atoms with Gasteiger partial charge in [0.05, 0.1) is 0 Å². The Hall–Kier alpha value is -0.350. The van der Waals surface area contributed by atoms with Crippen LogP contribution in [0.15, 0.2) is 12.1 Å². The van der Waals surface area contributed by atoms with E-state index in [0.29, 0.717) is 0 Å². The average molecular weight is 222 g/mol. The molecular formula is C14H23P. The maximum absolute atomic E-state index is 2.32. The van der Waals surface area contributed by atoms with Gasteiger partial charge in [-0.15, -0.1) is 0 Å². The fraction of sp³-hybridized carbons (Fsp3) is 0.571. The Balaban J connectivity index is 2.58. The van der Waals surface area contributed by atoms with Gasteiger partial charge in [0.2, 0.25) is 0 Å². The quantitative estimate of drug-likeness (QED) is 0.519. The molecule has 0 spiro atoms. The van der Waals surface area contributed by atoms with E-state index in [-0.39, 0.29) is 0 Å². The van der Waals surface area contributed by atoms with Gasteiger partial charge in [-0.05, 0) is 55.3 Å². The molecule has 1 atom stereocenters. The first kappa shape index (κ1) is 12.7. The van der Waals surface area contributed by atoms with Gasteiger partial charge in [0.25, 0.3) is 0 Å². The van der Waals surface area contributed by atoms with Crippen molar-refractivity contribution in [2.45, 2.75) is 47.0 Å². The van der Waals surface area contributed by atoms with Crippen molar-refractivity contribution in [3.63, 3.8) is 0 Å². The zero-order chi connectivity index (χ0) is 11.3. The molecule has 0 saturated carbocycles. The third-order valence-electron chi connectivity index (χ3n) is 3.15. The maximum Gasteiger partial charge on any atom is -0.0240 e. The minimum Gasteiger partial charge on any atom is -0.0901 e. The third kappa shape index (κ3) is 3.61. The molecule has 0 amide bonds. The topological polar surface area (TPSA) is 0 Å². The maximum atomic E-state index is 2.32. The van der Waals surface area contributed by atoms with Gasteiger partial charge in [-0.1, -0.05) is 40.5 Å². The Kier molecular flexibility index (Phi) is 5.32. The highest BCUT2D eigenvalue weighted by molar-refractivity contribution is 7.47. The number of rotatable bonds is 5. The number of aryl methyl sites for hydroxylation is 1. The van der Waals surface area contributed by atoms with E-state index in [0.717, 1.165) is 8.58 Å². The monoisotopic (exact) mass is 222 g/mol. The molecule has 1 unspecified atom stereocenters. The minimum atomic E-state index is 1.01. The van der Waals surface area contributed by atoms with Crippen LogP contribution in [0.1, 0.15) is 42.9 Å². The van der Waals surface area contributed by atoms with E-state index in [1.807, 2.05) is 0 Å². The van der Waals surface area contributed by atoms with Gasteiger partial charge in [0, 0.05) is 0 Å². The summed E-state index contributed by atoms with van der Waals surface area (Å²) in [5, 5.41) is 1.58. The minimum absolute atomic E-state index is 1.01. The summed E-state index contributed by atoms with van der Waals surface area (Å²) in [6.07, 6.45) is 5.48. The normalized spacial score (nSPS) is 11.5. The van der Waals surface area contributed by atoms with Crippen molar-refractivity contribution in [1.82, 2.24) is 0 Å². The summed E-state index contributed by atoms with van der Waals surface area (Å²) >= 11 is 0. The van der Waals surface area contributed by atoms with E-state index in [4.69, 9.17) is 0 Å². The lowest BCUT2D eigenvalue weighted by atomic mass is 10.1. The Labute approximate surface area is 96.3 Å². The lowest BCUT2D eigenvalue weighted by molar-refractivity contribution is 0.778. The highest BCUT2D eigenvalue weighted by Crippen LogP contribution is 2.19. The van der Waals surface area contributed by atoms with Crippen molar-refractivity contribution in [3.8, 4) is 0 Å². The predicted molar refractivity (Wildman–Crippen MR) is 73.0 cm³/mol. The molecular weight excluding hydrogens is 199 g/mol. The Morgan fingerprint density at radius 2 is 1.73 bits per heavy atom. The molecule has 1 aromatic carbocycles. The second kappa shape index (κ2) is 6.28. The van der Waals surface area contributed by atoms with Crippen LogP contribution >= 0.6 is 8.58 Å². The van der Waals surface area contributed by atoms with E-state index >= 15 is 0 Å². The lowest BCUT2D eigenvalue weighted by Crippen LogP contribution is -2.04. The fourth-order valence-electron chi connectivity index (χ4n) is 1.75. The second-order valence-electron chi connectivity index (χ2n) is 4.31. The van der Waals surface area contributed by atoms with Crippen LogP contribution in [0.2, 0.25) is 0 Å². The zero-order valence-corrected chi connectivity index (χ0v) is 11.5. The summed E-state index contributed by atoms with van der Waals surface area (Å²) in [6, 6.07) is 4.59. The van der Waals surface area contributed by atoms with Crippen molar-refractivity contribution >= 4 is 13.9 Å². The van der Waals surface area contributed by atoms with Crippen LogP contribution in [0, 0.1) is 20.8 Å². The molecule has 0 fully saturated rings. The number of hydrogen-bond donors (Lipinski definition) is 0. The van der Waals surface area contributed by atoms with Crippen LogP contribution in [0.3, 0.4) is 0 Å². The summed E-state index contributed by atoms with van der Waals surface area (Å²) in [6.45, 7) is 8.98. The summed E-state index contributed by atoms with van der Waals surface area (Å²) in [7, 11) is 1.01. The van der Waals surface area contributed by atoms with E-state index in [2.05, 4.69) is 39.8 Å². The van der Waals surface area contributed by atoms with Crippen LogP contribution < -0.4 is 5.30 Å². The van der Waals surface area contributed by atoms with Gasteiger partial charge >= 0.3 is 0 Å². The fourth-order valence-corrected chi connectivity index (χ4v) is 3.10. The summed E-state index contributed by atoms with van der Waals surface area (Å²) < 4.78 is 0. The summed E-state index contributed by atoms with van der Waals surface area (Å²) in [5.74, 6) is 0. The van der Waals surface area contributed by atoms with Crippen LogP contribution in [0.4, 0.5) is 0 Å². The van der Waals surface area contributed by atoms with Crippen molar-refractivity contribution in [2.75, 3.05) is 6.16 Å². The zero-order valence-electron chi connectivity index (χ0n) is 10.5. The molecule has 0 aliphatic carbocycles. The molecule has 0 aliphatic rings. The summed E-state index contributed by atoms with van der Waals surface area (Å²) in [4.78, 5) is 0. The summed E-state index contributed by atoms with van der Waals surface area (Å²) in [5.41, 5.74) is 4.43. The smallest absolute Gasteiger partial charge is 0.0240 e. The van der Waals surface area contributed by atoms with Gasteiger partial charge < -0.3 is 0 Å². The van der Waals surface area contributed by atoms with Crippen molar-refractivity contribution in [1.29, 1.82) is 0 Å². The van der Waals surface area contributed by atoms with Crippen molar-refractivity contribution < 1.29 is 0 Å². The predicted octanol–water partition coefficient (Wildman–Crippen LogP) is 4.11. The highest BCUT2D eigenvalue weighted by Gasteiger charge is 2.02. The first-order valence-electron chi connectivity index (χ1n) is 5.97. The van der Waals surface area contributed by atoms with Gasteiger partial charge in [-0.25, -0.2) is 0 Å². The standard InChI is InChI=1S/C14H23P/c1-5-6-7-10-15-14-9-8-11(2)12(3)13(14)4/h8-9,15H,5-7,10H2,1-4H3. The Bertz CT molecular complexity index is 315. The van der Waals surface area contributed by atoms with Gasteiger partial charge in [-0.2, -0.15) is 0 Å². The molecule has 0 radical (unpaired) electrons. The van der Waals surface area contributed by atoms with Crippen LogP contribution in [-0.2, 0) is 0 Å². The molecule has 15 heavy (non-hydrogen) atoms. The molecule has 0 bridgehead atoms. The van der Waals surface area contributed by atoms with Crippen molar-refractivity contribution in [3.05, 3.63) is 28.8 Å².